The molecule has 0 unspecified atom stereocenters. The highest BCUT2D eigenvalue weighted by Gasteiger charge is 2.24. The summed E-state index contributed by atoms with van der Waals surface area (Å²) in [5.41, 5.74) is -0.380. The van der Waals surface area contributed by atoms with Gasteiger partial charge in [0, 0.05) is 15.2 Å². The summed E-state index contributed by atoms with van der Waals surface area (Å²) in [7, 11) is 3.23. The minimum atomic E-state index is -0.608. The van der Waals surface area contributed by atoms with Crippen molar-refractivity contribution in [3.05, 3.63) is 58.5 Å². The number of methoxy groups -OCH3 is 2. The van der Waals surface area contributed by atoms with Gasteiger partial charge in [-0.15, -0.1) is 0 Å². The van der Waals surface area contributed by atoms with Crippen LogP contribution < -0.4 is 14.8 Å². The van der Waals surface area contributed by atoms with E-state index in [0.29, 0.717) is 4.24 Å². The molecule has 0 saturated carbocycles. The van der Waals surface area contributed by atoms with Crippen molar-refractivity contribution in [2.24, 2.45) is 5.41 Å². The third kappa shape index (κ3) is 6.77. The highest BCUT2D eigenvalue weighted by molar-refractivity contribution is 8.22. The zero-order valence-corrected chi connectivity index (χ0v) is 18.7. The Morgan fingerprint density at radius 2 is 1.31 bits per heavy atom. The van der Waals surface area contributed by atoms with E-state index in [9.17, 15) is 10.1 Å². The number of nitrogens with zero attached hydrogens (tertiary/aromatic N) is 1. The molecule has 2 rings (SSSR count). The molecule has 0 spiro atoms. The molecule has 0 fully saturated rings. The Bertz CT molecular complexity index is 858. The fraction of sp³-hybridized carbons (Fsp3) is 0.273. The second-order valence-corrected chi connectivity index (χ2v) is 9.46. The number of benzene rings is 2. The van der Waals surface area contributed by atoms with Crippen LogP contribution in [-0.4, -0.2) is 20.1 Å². The highest BCUT2D eigenvalue weighted by atomic mass is 32.2. The fourth-order valence-electron chi connectivity index (χ4n) is 2.05. The van der Waals surface area contributed by atoms with Gasteiger partial charge < -0.3 is 14.8 Å². The average Bonchev–Trinajstić information content (AvgIpc) is 2.71. The molecule has 2 aromatic rings. The molecule has 0 saturated heterocycles. The minimum Gasteiger partial charge on any atom is -0.497 e. The Kier molecular flexibility index (Phi) is 8.06. The SMILES string of the molecule is COc1ccc(SC(Sc2ccc(OC)cc2)=C(C#N)NC(=O)C(C)(C)C)cc1. The van der Waals surface area contributed by atoms with E-state index in [4.69, 9.17) is 9.47 Å². The normalized spacial score (nSPS) is 10.6. The zero-order chi connectivity index (χ0) is 21.4. The Labute approximate surface area is 180 Å². The number of carbonyl (C=O) groups excluding carboxylic acids is 1. The summed E-state index contributed by atoms with van der Waals surface area (Å²) in [6, 6.07) is 17.2. The van der Waals surface area contributed by atoms with E-state index in [-0.39, 0.29) is 11.6 Å². The van der Waals surface area contributed by atoms with Crippen LogP contribution in [0.4, 0.5) is 0 Å². The first-order chi connectivity index (χ1) is 13.8. The first-order valence-electron chi connectivity index (χ1n) is 8.86. The van der Waals surface area contributed by atoms with E-state index in [1.54, 1.807) is 14.2 Å². The third-order valence-electron chi connectivity index (χ3n) is 3.78. The van der Waals surface area contributed by atoms with Crippen molar-refractivity contribution in [1.29, 1.82) is 5.26 Å². The van der Waals surface area contributed by atoms with Gasteiger partial charge in [0.15, 0.2) is 0 Å². The highest BCUT2D eigenvalue weighted by Crippen LogP contribution is 2.41. The topological polar surface area (TPSA) is 71.3 Å². The molecule has 7 heteroatoms. The predicted molar refractivity (Wildman–Crippen MR) is 118 cm³/mol. The van der Waals surface area contributed by atoms with E-state index < -0.39 is 5.41 Å². The van der Waals surface area contributed by atoms with E-state index in [1.807, 2.05) is 69.3 Å². The lowest BCUT2D eigenvalue weighted by atomic mass is 9.96. The molecular formula is C22H24N2O3S2. The van der Waals surface area contributed by atoms with Crippen LogP contribution in [-0.2, 0) is 4.79 Å². The Morgan fingerprint density at radius 1 is 0.897 bits per heavy atom. The number of carbonyl (C=O) groups is 1. The smallest absolute Gasteiger partial charge is 0.230 e. The van der Waals surface area contributed by atoms with E-state index in [2.05, 4.69) is 11.4 Å². The van der Waals surface area contributed by atoms with Gasteiger partial charge >= 0.3 is 0 Å². The number of thioether (sulfide) groups is 2. The van der Waals surface area contributed by atoms with Crippen LogP contribution >= 0.6 is 23.5 Å². The van der Waals surface area contributed by atoms with Gasteiger partial charge in [-0.05, 0) is 48.5 Å². The molecule has 152 valence electrons. The van der Waals surface area contributed by atoms with Gasteiger partial charge in [0.2, 0.25) is 5.91 Å². The van der Waals surface area contributed by atoms with Crippen LogP contribution in [0.3, 0.4) is 0 Å². The molecule has 0 aliphatic carbocycles. The largest absolute Gasteiger partial charge is 0.497 e. The Morgan fingerprint density at radius 3 is 1.62 bits per heavy atom. The lowest BCUT2D eigenvalue weighted by Gasteiger charge is -2.18. The van der Waals surface area contributed by atoms with Gasteiger partial charge in [0.05, 0.1) is 18.5 Å². The van der Waals surface area contributed by atoms with Gasteiger partial charge in [0.25, 0.3) is 0 Å². The average molecular weight is 429 g/mol. The summed E-state index contributed by atoms with van der Waals surface area (Å²) in [6.07, 6.45) is 0. The molecule has 0 atom stereocenters. The van der Waals surface area contributed by atoms with Crippen molar-refractivity contribution in [2.45, 2.75) is 30.6 Å². The standard InChI is InChI=1S/C22H24N2O3S2/c1-22(2,3)21(25)24-19(14-23)20(28-17-10-6-15(26-4)7-11-17)29-18-12-8-16(27-5)9-13-18/h6-13H,1-5H3,(H,24,25). The van der Waals surface area contributed by atoms with Gasteiger partial charge in [0.1, 0.15) is 23.3 Å². The number of nitrogens with one attached hydrogen (secondary N) is 1. The summed E-state index contributed by atoms with van der Waals surface area (Å²) >= 11 is 2.83. The molecule has 0 heterocycles. The van der Waals surface area contributed by atoms with E-state index in [1.165, 1.54) is 23.5 Å². The quantitative estimate of drug-likeness (QED) is 0.467. The lowest BCUT2D eigenvalue weighted by molar-refractivity contribution is -0.127. The number of allylic oxidation sites excluding steroid dienone is 1. The maximum Gasteiger partial charge on any atom is 0.230 e. The molecule has 0 aromatic heterocycles. The summed E-state index contributed by atoms with van der Waals surface area (Å²) < 4.78 is 11.1. The maximum absolute atomic E-state index is 12.5. The van der Waals surface area contributed by atoms with E-state index in [0.717, 1.165) is 21.3 Å². The number of hydrogen-bond donors (Lipinski definition) is 1. The fourth-order valence-corrected chi connectivity index (χ4v) is 4.16. The lowest BCUT2D eigenvalue weighted by Crippen LogP contribution is -2.34. The summed E-state index contributed by atoms with van der Waals surface area (Å²) in [4.78, 5) is 14.3. The molecule has 0 bridgehead atoms. The summed E-state index contributed by atoms with van der Waals surface area (Å²) in [5, 5.41) is 12.5. The van der Waals surface area contributed by atoms with Crippen LogP contribution in [0.1, 0.15) is 20.8 Å². The van der Waals surface area contributed by atoms with Crippen molar-refractivity contribution in [1.82, 2.24) is 5.32 Å². The second-order valence-electron chi connectivity index (χ2n) is 7.03. The molecule has 0 radical (unpaired) electrons. The minimum absolute atomic E-state index is 0.211. The molecule has 1 amide bonds. The van der Waals surface area contributed by atoms with Crippen molar-refractivity contribution >= 4 is 29.4 Å². The monoisotopic (exact) mass is 428 g/mol. The number of ether oxygens (including phenoxy) is 2. The molecule has 0 aliphatic heterocycles. The number of rotatable bonds is 7. The van der Waals surface area contributed by atoms with Gasteiger partial charge in [-0.1, -0.05) is 44.3 Å². The Hall–Kier alpha value is -2.56. The zero-order valence-electron chi connectivity index (χ0n) is 17.1. The summed E-state index contributed by atoms with van der Waals surface area (Å²) in [5.74, 6) is 1.30. The number of hydrogen-bond acceptors (Lipinski definition) is 6. The molecular weight excluding hydrogens is 404 g/mol. The van der Waals surface area contributed by atoms with Gasteiger partial charge in [-0.25, -0.2) is 0 Å². The van der Waals surface area contributed by atoms with Gasteiger partial charge in [-0.2, -0.15) is 5.26 Å². The van der Waals surface area contributed by atoms with Gasteiger partial charge in [-0.3, -0.25) is 4.79 Å². The van der Waals surface area contributed by atoms with E-state index >= 15 is 0 Å². The van der Waals surface area contributed by atoms with Crippen LogP contribution in [0.25, 0.3) is 0 Å². The maximum atomic E-state index is 12.5. The molecule has 5 nitrogen and oxygen atoms in total. The van der Waals surface area contributed by atoms with Crippen molar-refractivity contribution in [2.75, 3.05) is 14.2 Å². The first-order valence-corrected chi connectivity index (χ1v) is 10.5. The van der Waals surface area contributed by atoms with Crippen LogP contribution in [0.15, 0.2) is 68.3 Å². The summed E-state index contributed by atoms with van der Waals surface area (Å²) in [6.45, 7) is 5.43. The molecule has 0 aliphatic rings. The molecule has 2 aromatic carbocycles. The van der Waals surface area contributed by atoms with Crippen LogP contribution in [0.5, 0.6) is 11.5 Å². The molecule has 1 N–H and O–H groups in total. The Balaban J connectivity index is 2.38. The second kappa shape index (κ2) is 10.3. The molecule has 29 heavy (non-hydrogen) atoms. The van der Waals surface area contributed by atoms with Crippen LogP contribution in [0.2, 0.25) is 0 Å². The van der Waals surface area contributed by atoms with Crippen molar-refractivity contribution < 1.29 is 14.3 Å². The first kappa shape index (κ1) is 22.7. The van der Waals surface area contributed by atoms with Crippen molar-refractivity contribution in [3.63, 3.8) is 0 Å². The number of nitriles is 1. The number of amides is 1. The van der Waals surface area contributed by atoms with Crippen molar-refractivity contribution in [3.8, 4) is 17.6 Å². The van der Waals surface area contributed by atoms with Crippen LogP contribution in [0, 0.1) is 16.7 Å². The third-order valence-corrected chi connectivity index (χ3v) is 6.07. The predicted octanol–water partition coefficient (Wildman–Crippen LogP) is 5.44.